The van der Waals surface area contributed by atoms with Gasteiger partial charge in [-0.15, -0.1) is 0 Å². The summed E-state index contributed by atoms with van der Waals surface area (Å²) in [6.45, 7) is 6.45. The molecule has 0 amide bonds. The Hall–Kier alpha value is -2.37. The van der Waals surface area contributed by atoms with E-state index in [1.807, 2.05) is 0 Å². The van der Waals surface area contributed by atoms with Crippen LogP contribution in [0.3, 0.4) is 0 Å². The van der Waals surface area contributed by atoms with Crippen LogP contribution in [0, 0.1) is 0 Å². The molecule has 0 heterocycles. The van der Waals surface area contributed by atoms with Crippen LogP contribution in [0.5, 0.6) is 0 Å². The molecule has 6 heteroatoms. The maximum atomic E-state index is 12.7. The summed E-state index contributed by atoms with van der Waals surface area (Å²) in [5.74, 6) is -0.916. The molecule has 0 aromatic carbocycles. The Kier molecular flexibility index (Phi) is 39.5. The van der Waals surface area contributed by atoms with Crippen molar-refractivity contribution in [1.29, 1.82) is 0 Å². The molecule has 6 nitrogen and oxygen atoms in total. The van der Waals surface area contributed by atoms with Gasteiger partial charge in [-0.2, -0.15) is 0 Å². The summed E-state index contributed by atoms with van der Waals surface area (Å²) < 4.78 is 16.6. The summed E-state index contributed by atoms with van der Waals surface area (Å²) in [5.41, 5.74) is 0. The number of hydrogen-bond acceptors (Lipinski definition) is 6. The first-order valence-corrected chi connectivity index (χ1v) is 22.0. The monoisotopic (exact) mass is 731 g/mol. The van der Waals surface area contributed by atoms with Gasteiger partial charge in [0.15, 0.2) is 6.10 Å². The van der Waals surface area contributed by atoms with E-state index in [1.54, 1.807) is 0 Å². The molecule has 0 fully saturated rings. The van der Waals surface area contributed by atoms with Gasteiger partial charge < -0.3 is 14.2 Å². The lowest BCUT2D eigenvalue weighted by atomic mass is 10.0. The van der Waals surface area contributed by atoms with Gasteiger partial charge in [0.25, 0.3) is 0 Å². The lowest BCUT2D eigenvalue weighted by Gasteiger charge is -2.18. The number of unbranched alkanes of at least 4 members (excludes halogenated alkanes) is 22. The molecule has 0 aliphatic rings. The van der Waals surface area contributed by atoms with Gasteiger partial charge in [-0.1, -0.05) is 186 Å². The Morgan fingerprint density at radius 3 is 1.17 bits per heavy atom. The lowest BCUT2D eigenvalue weighted by molar-refractivity contribution is -0.167. The van der Waals surface area contributed by atoms with Crippen LogP contribution >= 0.6 is 0 Å². The molecule has 0 rings (SSSR count). The van der Waals surface area contributed by atoms with Crippen LogP contribution < -0.4 is 0 Å². The van der Waals surface area contributed by atoms with E-state index in [0.29, 0.717) is 19.3 Å². The molecule has 0 N–H and O–H groups in total. The largest absolute Gasteiger partial charge is 0.462 e. The average molecular weight is 731 g/mol. The SMILES string of the molecule is CC/C=C\C/C=C\C/C=C\CCCCCC(=O)OC(COC(=O)CCCCCCCCC)COC(=O)CCCCCCCCCCCCCCCC. The van der Waals surface area contributed by atoms with Gasteiger partial charge in [-0.25, -0.2) is 0 Å². The summed E-state index contributed by atoms with van der Waals surface area (Å²) in [6, 6.07) is 0. The Bertz CT molecular complexity index is 891. The van der Waals surface area contributed by atoms with Crippen molar-refractivity contribution < 1.29 is 28.6 Å². The van der Waals surface area contributed by atoms with Crippen molar-refractivity contribution in [3.63, 3.8) is 0 Å². The fourth-order valence-corrected chi connectivity index (χ4v) is 6.10. The first-order valence-electron chi connectivity index (χ1n) is 22.0. The van der Waals surface area contributed by atoms with E-state index in [4.69, 9.17) is 14.2 Å². The minimum atomic E-state index is -0.778. The first-order chi connectivity index (χ1) is 25.5. The Morgan fingerprint density at radius 1 is 0.404 bits per heavy atom. The van der Waals surface area contributed by atoms with Gasteiger partial charge in [0.05, 0.1) is 0 Å². The van der Waals surface area contributed by atoms with Crippen molar-refractivity contribution in [2.24, 2.45) is 0 Å². The van der Waals surface area contributed by atoms with Gasteiger partial charge in [0.1, 0.15) is 13.2 Å². The highest BCUT2D eigenvalue weighted by molar-refractivity contribution is 5.71. The molecule has 0 saturated carbocycles. The Morgan fingerprint density at radius 2 is 0.750 bits per heavy atom. The van der Waals surface area contributed by atoms with Gasteiger partial charge in [0, 0.05) is 19.3 Å². The predicted octanol–water partition coefficient (Wildman–Crippen LogP) is 13.8. The number of carbonyl (C=O) groups excluding carboxylic acids is 3. The molecule has 0 saturated heterocycles. The molecule has 1 unspecified atom stereocenters. The summed E-state index contributed by atoms with van der Waals surface area (Å²) in [7, 11) is 0. The minimum Gasteiger partial charge on any atom is -0.462 e. The zero-order chi connectivity index (χ0) is 38.0. The van der Waals surface area contributed by atoms with E-state index in [2.05, 4.69) is 57.2 Å². The zero-order valence-corrected chi connectivity index (χ0v) is 34.3. The van der Waals surface area contributed by atoms with Gasteiger partial charge in [-0.3, -0.25) is 14.4 Å². The van der Waals surface area contributed by atoms with Crippen LogP contribution in [-0.4, -0.2) is 37.2 Å². The molecule has 52 heavy (non-hydrogen) atoms. The number of rotatable bonds is 39. The van der Waals surface area contributed by atoms with Crippen LogP contribution in [0.15, 0.2) is 36.5 Å². The number of carbonyl (C=O) groups is 3. The van der Waals surface area contributed by atoms with Gasteiger partial charge in [0.2, 0.25) is 0 Å². The van der Waals surface area contributed by atoms with E-state index >= 15 is 0 Å². The Balaban J connectivity index is 4.34. The highest BCUT2D eigenvalue weighted by atomic mass is 16.6. The number of allylic oxidation sites excluding steroid dienone is 6. The van der Waals surface area contributed by atoms with Crippen molar-refractivity contribution >= 4 is 17.9 Å². The highest BCUT2D eigenvalue weighted by Gasteiger charge is 2.19. The van der Waals surface area contributed by atoms with Crippen molar-refractivity contribution in [3.05, 3.63) is 36.5 Å². The molecule has 0 aliphatic carbocycles. The topological polar surface area (TPSA) is 78.9 Å². The summed E-state index contributed by atoms with van der Waals surface area (Å²) in [4.78, 5) is 37.5. The maximum absolute atomic E-state index is 12.7. The molecule has 0 bridgehead atoms. The second kappa shape index (κ2) is 41.4. The van der Waals surface area contributed by atoms with Crippen molar-refractivity contribution in [1.82, 2.24) is 0 Å². The molecule has 0 aromatic heterocycles. The normalized spacial score (nSPS) is 12.3. The predicted molar refractivity (Wildman–Crippen MR) is 219 cm³/mol. The smallest absolute Gasteiger partial charge is 0.306 e. The van der Waals surface area contributed by atoms with Crippen LogP contribution in [0.1, 0.15) is 220 Å². The third-order valence-corrected chi connectivity index (χ3v) is 9.41. The number of hydrogen-bond donors (Lipinski definition) is 0. The molecular weight excluding hydrogens is 648 g/mol. The molecule has 0 spiro atoms. The summed E-state index contributed by atoms with van der Waals surface area (Å²) in [5, 5.41) is 0. The second-order valence-corrected chi connectivity index (χ2v) is 14.6. The molecular formula is C46H82O6. The van der Waals surface area contributed by atoms with E-state index in [9.17, 15) is 14.4 Å². The van der Waals surface area contributed by atoms with Crippen LogP contribution in [0.4, 0.5) is 0 Å². The standard InChI is InChI=1S/C46H82O6/c1-4-7-10-13-16-18-20-22-24-25-27-30-33-36-39-45(48)51-42-43(41-50-44(47)38-35-32-29-15-12-9-6-3)52-46(49)40-37-34-31-28-26-23-21-19-17-14-11-8-5-2/h8,11,17,19,23,26,43H,4-7,9-10,12-16,18,20-22,24-25,27-42H2,1-3H3/b11-8-,19-17-,26-23-. The van der Waals surface area contributed by atoms with E-state index < -0.39 is 6.10 Å². The summed E-state index contributed by atoms with van der Waals surface area (Å²) in [6.07, 6.45) is 45.7. The minimum absolute atomic E-state index is 0.0813. The zero-order valence-electron chi connectivity index (χ0n) is 34.3. The van der Waals surface area contributed by atoms with Crippen molar-refractivity contribution in [2.45, 2.75) is 226 Å². The summed E-state index contributed by atoms with van der Waals surface area (Å²) >= 11 is 0. The first kappa shape index (κ1) is 49.6. The fraction of sp³-hybridized carbons (Fsp3) is 0.804. The van der Waals surface area contributed by atoms with E-state index in [1.165, 1.54) is 96.3 Å². The third-order valence-electron chi connectivity index (χ3n) is 9.41. The fourth-order valence-electron chi connectivity index (χ4n) is 6.10. The van der Waals surface area contributed by atoms with Crippen LogP contribution in [0.25, 0.3) is 0 Å². The lowest BCUT2D eigenvalue weighted by Crippen LogP contribution is -2.30. The quantitative estimate of drug-likeness (QED) is 0.0271. The van der Waals surface area contributed by atoms with Gasteiger partial charge in [-0.05, 0) is 51.4 Å². The molecule has 0 radical (unpaired) electrons. The van der Waals surface area contributed by atoms with Crippen molar-refractivity contribution in [2.75, 3.05) is 13.2 Å². The van der Waals surface area contributed by atoms with Crippen LogP contribution in [-0.2, 0) is 28.6 Å². The number of esters is 3. The third kappa shape index (κ3) is 38.9. The van der Waals surface area contributed by atoms with E-state index in [-0.39, 0.29) is 31.1 Å². The van der Waals surface area contributed by atoms with Crippen molar-refractivity contribution in [3.8, 4) is 0 Å². The maximum Gasteiger partial charge on any atom is 0.306 e. The average Bonchev–Trinajstić information content (AvgIpc) is 3.14. The second-order valence-electron chi connectivity index (χ2n) is 14.6. The molecule has 1 atom stereocenters. The molecule has 0 aromatic rings. The Labute approximate surface area is 321 Å². The molecule has 302 valence electrons. The highest BCUT2D eigenvalue weighted by Crippen LogP contribution is 2.14. The van der Waals surface area contributed by atoms with Gasteiger partial charge >= 0.3 is 17.9 Å². The van der Waals surface area contributed by atoms with E-state index in [0.717, 1.165) is 83.5 Å². The van der Waals surface area contributed by atoms with Crippen LogP contribution in [0.2, 0.25) is 0 Å². The number of ether oxygens (including phenoxy) is 3. The molecule has 0 aliphatic heterocycles.